The lowest BCUT2D eigenvalue weighted by atomic mass is 10.0. The molecule has 0 fully saturated rings. The van der Waals surface area contributed by atoms with Gasteiger partial charge in [-0.1, -0.05) is 23.8 Å². The Morgan fingerprint density at radius 2 is 2.11 bits per heavy atom. The number of aryl methyl sites for hydroxylation is 2. The van der Waals surface area contributed by atoms with Gasteiger partial charge in [0.1, 0.15) is 27.6 Å². The summed E-state index contributed by atoms with van der Waals surface area (Å²) in [5.41, 5.74) is 8.64. The molecule has 1 aromatic heterocycles. The number of ketones is 1. The number of carbonyl (C=O) groups is 2. The molecule has 0 bridgehead atoms. The van der Waals surface area contributed by atoms with Crippen LogP contribution in [0.3, 0.4) is 0 Å². The van der Waals surface area contributed by atoms with Crippen molar-refractivity contribution in [2.24, 2.45) is 0 Å². The van der Waals surface area contributed by atoms with E-state index in [2.05, 4.69) is 5.32 Å². The van der Waals surface area contributed by atoms with Crippen LogP contribution in [-0.2, 0) is 4.79 Å². The number of carbonyl (C=O) groups excluding carboxylic acids is 1. The molecule has 0 amide bonds. The molecular formula is C19H21N3O3S2. The van der Waals surface area contributed by atoms with Gasteiger partial charge in [0.2, 0.25) is 5.78 Å². The van der Waals surface area contributed by atoms with Crippen LogP contribution in [0.4, 0.5) is 10.7 Å². The summed E-state index contributed by atoms with van der Waals surface area (Å²) in [6.07, 6.45) is 2.28. The lowest BCUT2D eigenvalue weighted by molar-refractivity contribution is -0.137. The van der Waals surface area contributed by atoms with Gasteiger partial charge in [-0.2, -0.15) is 17.0 Å². The van der Waals surface area contributed by atoms with E-state index in [0.717, 1.165) is 22.5 Å². The highest BCUT2D eigenvalue weighted by molar-refractivity contribution is 7.98. The second-order valence-electron chi connectivity index (χ2n) is 6.12. The highest BCUT2D eigenvalue weighted by Crippen LogP contribution is 2.37. The minimum atomic E-state index is -1.01. The summed E-state index contributed by atoms with van der Waals surface area (Å²) >= 11 is 2.56. The van der Waals surface area contributed by atoms with Crippen molar-refractivity contribution in [2.45, 2.75) is 26.3 Å². The Kier molecular flexibility index (Phi) is 6.88. The number of benzene rings is 1. The van der Waals surface area contributed by atoms with E-state index in [1.165, 1.54) is 11.8 Å². The summed E-state index contributed by atoms with van der Waals surface area (Å²) in [6, 6.07) is 6.62. The number of thiophene rings is 1. The molecule has 0 saturated heterocycles. The Bertz CT molecular complexity index is 916. The summed E-state index contributed by atoms with van der Waals surface area (Å²) in [7, 11) is 0. The molecule has 6 nitrogen and oxygen atoms in total. The quantitative estimate of drug-likeness (QED) is 0.576. The second kappa shape index (κ2) is 8.93. The fourth-order valence-electron chi connectivity index (χ4n) is 2.67. The molecule has 1 atom stereocenters. The number of nitrogens with one attached hydrogen (secondary N) is 1. The first-order valence-electron chi connectivity index (χ1n) is 8.22. The number of carboxylic acid groups (broad SMARTS) is 1. The van der Waals surface area contributed by atoms with Gasteiger partial charge in [0.05, 0.1) is 5.69 Å². The van der Waals surface area contributed by atoms with Crippen molar-refractivity contribution in [1.82, 2.24) is 0 Å². The molecule has 142 valence electrons. The number of hydrogen-bond donors (Lipinski definition) is 3. The SMILES string of the molecule is CSCCC(Nc1sc(C(=O)c2ccc(C)cc2C)c(N)c1C#N)C(=O)O. The minimum absolute atomic E-state index is 0.0870. The second-order valence-corrected chi connectivity index (χ2v) is 8.13. The molecule has 0 aliphatic rings. The molecule has 0 radical (unpaired) electrons. The third-order valence-corrected chi connectivity index (χ3v) is 5.88. The van der Waals surface area contributed by atoms with Crippen molar-refractivity contribution in [2.75, 3.05) is 23.1 Å². The van der Waals surface area contributed by atoms with Gasteiger partial charge in [-0.15, -0.1) is 11.3 Å². The molecule has 4 N–H and O–H groups in total. The Hall–Kier alpha value is -2.50. The molecule has 0 spiro atoms. The van der Waals surface area contributed by atoms with Gasteiger partial charge in [-0.25, -0.2) is 4.79 Å². The molecule has 27 heavy (non-hydrogen) atoms. The minimum Gasteiger partial charge on any atom is -0.480 e. The topological polar surface area (TPSA) is 116 Å². The number of anilines is 2. The number of hydrogen-bond acceptors (Lipinski definition) is 7. The first-order valence-corrected chi connectivity index (χ1v) is 10.4. The normalized spacial score (nSPS) is 11.6. The maximum Gasteiger partial charge on any atom is 0.326 e. The van der Waals surface area contributed by atoms with Crippen molar-refractivity contribution in [3.05, 3.63) is 45.3 Å². The highest BCUT2D eigenvalue weighted by atomic mass is 32.2. The number of nitrogen functional groups attached to an aromatic ring is 1. The number of nitrogens with two attached hydrogens (primary N) is 1. The van der Waals surface area contributed by atoms with E-state index in [1.54, 1.807) is 6.07 Å². The fourth-order valence-corrected chi connectivity index (χ4v) is 4.22. The molecule has 0 aliphatic heterocycles. The van der Waals surface area contributed by atoms with Gasteiger partial charge < -0.3 is 16.2 Å². The first-order chi connectivity index (χ1) is 12.8. The van der Waals surface area contributed by atoms with Crippen molar-refractivity contribution >= 4 is 45.5 Å². The smallest absolute Gasteiger partial charge is 0.326 e. The molecule has 0 aliphatic carbocycles. The van der Waals surface area contributed by atoms with Gasteiger partial charge in [0.25, 0.3) is 0 Å². The van der Waals surface area contributed by atoms with Crippen molar-refractivity contribution in [3.63, 3.8) is 0 Å². The van der Waals surface area contributed by atoms with E-state index in [0.29, 0.717) is 22.7 Å². The average Bonchev–Trinajstić information content (AvgIpc) is 2.93. The predicted molar refractivity (Wildman–Crippen MR) is 111 cm³/mol. The summed E-state index contributed by atoms with van der Waals surface area (Å²) in [4.78, 5) is 24.7. The molecule has 2 aromatic rings. The maximum atomic E-state index is 12.9. The summed E-state index contributed by atoms with van der Waals surface area (Å²) < 4.78 is 0. The maximum absolute atomic E-state index is 12.9. The molecular weight excluding hydrogens is 382 g/mol. The van der Waals surface area contributed by atoms with Crippen molar-refractivity contribution in [1.29, 1.82) is 5.26 Å². The van der Waals surface area contributed by atoms with Gasteiger partial charge >= 0.3 is 5.97 Å². The number of rotatable bonds is 8. The Morgan fingerprint density at radius 3 is 2.67 bits per heavy atom. The third kappa shape index (κ3) is 4.62. The van der Waals surface area contributed by atoms with E-state index in [1.807, 2.05) is 38.3 Å². The lowest BCUT2D eigenvalue weighted by Crippen LogP contribution is -2.29. The van der Waals surface area contributed by atoms with Crippen LogP contribution >= 0.6 is 23.1 Å². The third-order valence-electron chi connectivity index (χ3n) is 4.10. The standard InChI is InChI=1S/C19H21N3O3S2/c1-10-4-5-12(11(2)8-10)16(23)17-15(21)13(9-20)18(27-17)22-14(19(24)25)6-7-26-3/h4-5,8,14,22H,6-7,21H2,1-3H3,(H,24,25). The molecule has 2 rings (SSSR count). The van der Waals surface area contributed by atoms with E-state index in [4.69, 9.17) is 5.73 Å². The van der Waals surface area contributed by atoms with Crippen molar-refractivity contribution in [3.8, 4) is 6.07 Å². The van der Waals surface area contributed by atoms with Crippen LogP contribution in [0, 0.1) is 25.2 Å². The van der Waals surface area contributed by atoms with Crippen LogP contribution in [-0.4, -0.2) is 34.9 Å². The van der Waals surface area contributed by atoms with E-state index >= 15 is 0 Å². The van der Waals surface area contributed by atoms with Gasteiger partial charge in [-0.3, -0.25) is 4.79 Å². The van der Waals surface area contributed by atoms with Crippen molar-refractivity contribution < 1.29 is 14.7 Å². The zero-order valence-corrected chi connectivity index (χ0v) is 17.0. The molecule has 1 aromatic carbocycles. The Balaban J connectivity index is 2.41. The van der Waals surface area contributed by atoms with Gasteiger partial charge in [0.15, 0.2) is 0 Å². The number of nitrogens with zero attached hydrogens (tertiary/aromatic N) is 1. The van der Waals surface area contributed by atoms with Gasteiger partial charge in [0, 0.05) is 5.56 Å². The largest absolute Gasteiger partial charge is 0.480 e. The number of nitriles is 1. The number of aliphatic carboxylic acids is 1. The molecule has 8 heteroatoms. The monoisotopic (exact) mass is 403 g/mol. The van der Waals surface area contributed by atoms with Crippen LogP contribution in [0.5, 0.6) is 0 Å². The van der Waals surface area contributed by atoms with Crippen LogP contribution in [0.2, 0.25) is 0 Å². The van der Waals surface area contributed by atoms with Crippen LogP contribution in [0.1, 0.15) is 38.3 Å². The summed E-state index contributed by atoms with van der Waals surface area (Å²) in [5.74, 6) is -0.626. The summed E-state index contributed by atoms with van der Waals surface area (Å²) in [5, 5.41) is 22.1. The van der Waals surface area contributed by atoms with Crippen LogP contribution < -0.4 is 11.1 Å². The number of carboxylic acids is 1. The Labute approximate surface area is 166 Å². The van der Waals surface area contributed by atoms with E-state index in [9.17, 15) is 20.0 Å². The zero-order chi connectivity index (χ0) is 20.1. The highest BCUT2D eigenvalue weighted by Gasteiger charge is 2.26. The molecule has 1 unspecified atom stereocenters. The zero-order valence-electron chi connectivity index (χ0n) is 15.3. The first kappa shape index (κ1) is 20.8. The fraction of sp³-hybridized carbons (Fsp3) is 0.316. The van der Waals surface area contributed by atoms with Crippen LogP contribution in [0.15, 0.2) is 18.2 Å². The Morgan fingerprint density at radius 1 is 1.41 bits per heavy atom. The number of thioether (sulfide) groups is 1. The van der Waals surface area contributed by atoms with E-state index < -0.39 is 12.0 Å². The summed E-state index contributed by atoms with van der Waals surface area (Å²) in [6.45, 7) is 3.79. The lowest BCUT2D eigenvalue weighted by Gasteiger charge is -2.13. The van der Waals surface area contributed by atoms with Crippen LogP contribution in [0.25, 0.3) is 0 Å². The van der Waals surface area contributed by atoms with Gasteiger partial charge in [-0.05, 0) is 37.8 Å². The van der Waals surface area contributed by atoms with E-state index in [-0.39, 0.29) is 21.9 Å². The molecule has 0 saturated carbocycles. The molecule has 1 heterocycles. The predicted octanol–water partition coefficient (Wildman–Crippen LogP) is 3.67. The average molecular weight is 404 g/mol.